The predicted octanol–water partition coefficient (Wildman–Crippen LogP) is 3.29. The number of unbranched alkanes of at least 4 members (excludes halogenated alkanes) is 2. The molecule has 0 aliphatic carbocycles. The summed E-state index contributed by atoms with van der Waals surface area (Å²) in [4.78, 5) is 6.61. The Morgan fingerprint density at radius 2 is 2.28 bits per heavy atom. The van der Waals surface area contributed by atoms with E-state index in [-0.39, 0.29) is 0 Å². The number of pyridine rings is 1. The van der Waals surface area contributed by atoms with Crippen molar-refractivity contribution in [2.45, 2.75) is 19.3 Å². The number of nitrogens with zero attached hydrogens (tertiary/aromatic N) is 2. The lowest BCUT2D eigenvalue weighted by molar-refractivity contribution is 0.285. The molecule has 0 saturated carbocycles. The second-order valence-electron chi connectivity index (χ2n) is 4.38. The van der Waals surface area contributed by atoms with E-state index < -0.39 is 0 Å². The number of thioether (sulfide) groups is 1. The van der Waals surface area contributed by atoms with Gasteiger partial charge < -0.3 is 4.74 Å². The molecule has 3 nitrogen and oxygen atoms in total. The molecule has 1 aliphatic heterocycles. The van der Waals surface area contributed by atoms with Crippen LogP contribution in [0.3, 0.4) is 0 Å². The van der Waals surface area contributed by atoms with E-state index in [9.17, 15) is 0 Å². The maximum absolute atomic E-state index is 5.75. The minimum atomic E-state index is 0.644. The Bertz CT molecular complexity index is 341. The number of aromatic nitrogens is 1. The van der Waals surface area contributed by atoms with Gasteiger partial charge in [-0.2, -0.15) is 0 Å². The lowest BCUT2D eigenvalue weighted by Crippen LogP contribution is -2.20. The van der Waals surface area contributed by atoms with Gasteiger partial charge in [0.25, 0.3) is 0 Å². The maximum atomic E-state index is 5.75. The van der Waals surface area contributed by atoms with E-state index in [2.05, 4.69) is 9.88 Å². The van der Waals surface area contributed by atoms with Gasteiger partial charge >= 0.3 is 0 Å². The third-order valence-electron chi connectivity index (χ3n) is 2.89. The van der Waals surface area contributed by atoms with Crippen LogP contribution in [0, 0.1) is 0 Å². The number of ether oxygens (including phenoxy) is 1. The van der Waals surface area contributed by atoms with Crippen LogP contribution < -0.4 is 4.74 Å². The van der Waals surface area contributed by atoms with Crippen LogP contribution in [0.1, 0.15) is 19.3 Å². The minimum Gasteiger partial charge on any atom is -0.478 e. The molecule has 1 fully saturated rings. The van der Waals surface area contributed by atoms with Crippen molar-refractivity contribution < 1.29 is 4.74 Å². The van der Waals surface area contributed by atoms with Crippen molar-refractivity contribution in [3.05, 3.63) is 23.4 Å². The molecular weight excluding hydrogens is 268 g/mol. The van der Waals surface area contributed by atoms with Crippen molar-refractivity contribution in [2.24, 2.45) is 0 Å². The zero-order valence-electron chi connectivity index (χ0n) is 10.5. The van der Waals surface area contributed by atoms with Crippen LogP contribution in [-0.2, 0) is 0 Å². The largest absolute Gasteiger partial charge is 0.478 e. The molecule has 0 bridgehead atoms. The van der Waals surface area contributed by atoms with E-state index in [1.54, 1.807) is 12.3 Å². The normalized spacial score (nSPS) is 16.1. The van der Waals surface area contributed by atoms with E-state index >= 15 is 0 Å². The third-order valence-corrected chi connectivity index (χ3v) is 4.14. The number of rotatable bonds is 7. The van der Waals surface area contributed by atoms with Gasteiger partial charge in [-0.05, 0) is 31.9 Å². The van der Waals surface area contributed by atoms with Gasteiger partial charge in [0.1, 0.15) is 0 Å². The van der Waals surface area contributed by atoms with Crippen molar-refractivity contribution in [3.8, 4) is 5.88 Å². The van der Waals surface area contributed by atoms with Gasteiger partial charge in [-0.25, -0.2) is 4.98 Å². The molecule has 18 heavy (non-hydrogen) atoms. The van der Waals surface area contributed by atoms with E-state index in [1.807, 2.05) is 17.8 Å². The summed E-state index contributed by atoms with van der Waals surface area (Å²) in [7, 11) is 0. The van der Waals surface area contributed by atoms with Crippen molar-refractivity contribution in [1.29, 1.82) is 0 Å². The van der Waals surface area contributed by atoms with Gasteiger partial charge in [0.05, 0.1) is 11.6 Å². The Morgan fingerprint density at radius 1 is 1.33 bits per heavy atom. The quantitative estimate of drug-likeness (QED) is 0.718. The average molecular weight is 287 g/mol. The molecule has 0 amide bonds. The Labute approximate surface area is 118 Å². The molecule has 5 heteroatoms. The topological polar surface area (TPSA) is 25.4 Å². The average Bonchev–Trinajstić information content (AvgIpc) is 2.89. The van der Waals surface area contributed by atoms with Crippen LogP contribution in [0.25, 0.3) is 0 Å². The first kappa shape index (κ1) is 14.0. The smallest absolute Gasteiger partial charge is 0.213 e. The maximum Gasteiger partial charge on any atom is 0.213 e. The van der Waals surface area contributed by atoms with Crippen LogP contribution in [0.15, 0.2) is 18.3 Å². The number of halogens is 1. The first-order valence-corrected chi connectivity index (χ1v) is 7.92. The van der Waals surface area contributed by atoms with Gasteiger partial charge in [-0.1, -0.05) is 11.6 Å². The molecule has 0 spiro atoms. The van der Waals surface area contributed by atoms with Crippen molar-refractivity contribution in [1.82, 2.24) is 9.88 Å². The summed E-state index contributed by atoms with van der Waals surface area (Å²) < 4.78 is 5.55. The molecule has 1 saturated heterocycles. The van der Waals surface area contributed by atoms with E-state index in [4.69, 9.17) is 16.3 Å². The molecular formula is C13H19ClN2OS. The SMILES string of the molecule is Clc1ccc(OCCCCCN2CCSC2)nc1. The summed E-state index contributed by atoms with van der Waals surface area (Å²) in [5.41, 5.74) is 0. The highest BCUT2D eigenvalue weighted by Gasteiger charge is 2.10. The van der Waals surface area contributed by atoms with E-state index in [1.165, 1.54) is 37.6 Å². The minimum absolute atomic E-state index is 0.644. The molecule has 100 valence electrons. The monoisotopic (exact) mass is 286 g/mol. The molecule has 0 unspecified atom stereocenters. The van der Waals surface area contributed by atoms with Crippen molar-refractivity contribution >= 4 is 23.4 Å². The Balaban J connectivity index is 1.49. The number of hydrogen-bond acceptors (Lipinski definition) is 4. The highest BCUT2D eigenvalue weighted by molar-refractivity contribution is 7.99. The van der Waals surface area contributed by atoms with Crippen molar-refractivity contribution in [2.75, 3.05) is 31.3 Å². The molecule has 0 aromatic carbocycles. The fraction of sp³-hybridized carbons (Fsp3) is 0.615. The lowest BCUT2D eigenvalue weighted by Gasteiger charge is -2.12. The van der Waals surface area contributed by atoms with Gasteiger partial charge in [0.2, 0.25) is 5.88 Å². The second kappa shape index (κ2) is 7.87. The van der Waals surface area contributed by atoms with Gasteiger partial charge in [0, 0.05) is 30.4 Å². The summed E-state index contributed by atoms with van der Waals surface area (Å²) in [5.74, 6) is 3.17. The van der Waals surface area contributed by atoms with Crippen molar-refractivity contribution in [3.63, 3.8) is 0 Å². The highest BCUT2D eigenvalue weighted by atomic mass is 35.5. The van der Waals surface area contributed by atoms with Crippen LogP contribution in [-0.4, -0.2) is 41.2 Å². The molecule has 0 N–H and O–H groups in total. The first-order valence-electron chi connectivity index (χ1n) is 6.39. The fourth-order valence-electron chi connectivity index (χ4n) is 1.87. The van der Waals surface area contributed by atoms with Gasteiger partial charge in [0.15, 0.2) is 0 Å². The Kier molecular flexibility index (Phi) is 6.11. The zero-order valence-corrected chi connectivity index (χ0v) is 12.1. The Hall–Kier alpha value is -0.450. The third kappa shape index (κ3) is 5.04. The summed E-state index contributed by atoms with van der Waals surface area (Å²) in [6.45, 7) is 3.23. The first-order chi connectivity index (χ1) is 8.84. The van der Waals surface area contributed by atoms with Crippen LogP contribution >= 0.6 is 23.4 Å². The molecule has 2 rings (SSSR count). The van der Waals surface area contributed by atoms with Crippen LogP contribution in [0.2, 0.25) is 5.02 Å². The molecule has 1 aromatic heterocycles. The second-order valence-corrected chi connectivity index (χ2v) is 5.89. The lowest BCUT2D eigenvalue weighted by atomic mass is 10.2. The van der Waals surface area contributed by atoms with Gasteiger partial charge in [-0.3, -0.25) is 4.90 Å². The van der Waals surface area contributed by atoms with E-state index in [0.717, 1.165) is 13.0 Å². The summed E-state index contributed by atoms with van der Waals surface area (Å²) in [6.07, 6.45) is 5.18. The summed E-state index contributed by atoms with van der Waals surface area (Å²) >= 11 is 7.78. The zero-order chi connectivity index (χ0) is 12.6. The molecule has 2 heterocycles. The summed E-state index contributed by atoms with van der Waals surface area (Å²) in [6, 6.07) is 3.61. The molecule has 0 atom stereocenters. The standard InChI is InChI=1S/C13H19ClN2OS/c14-12-4-5-13(15-10-12)17-8-3-1-2-6-16-7-9-18-11-16/h4-5,10H,1-3,6-9,11H2. The fourth-order valence-corrected chi connectivity index (χ4v) is 3.01. The van der Waals surface area contributed by atoms with Crippen LogP contribution in [0.5, 0.6) is 5.88 Å². The highest BCUT2D eigenvalue weighted by Crippen LogP contribution is 2.14. The van der Waals surface area contributed by atoms with E-state index in [0.29, 0.717) is 10.9 Å². The summed E-state index contributed by atoms with van der Waals surface area (Å²) in [5, 5.41) is 0.644. The molecule has 0 radical (unpaired) electrons. The Morgan fingerprint density at radius 3 is 3.00 bits per heavy atom. The predicted molar refractivity (Wildman–Crippen MR) is 77.5 cm³/mol. The number of hydrogen-bond donors (Lipinski definition) is 0. The van der Waals surface area contributed by atoms with Gasteiger partial charge in [-0.15, -0.1) is 11.8 Å². The van der Waals surface area contributed by atoms with Crippen LogP contribution in [0.4, 0.5) is 0 Å². The molecule has 1 aliphatic rings. The molecule has 1 aromatic rings.